The molecule has 50 heavy (non-hydrogen) atoms. The quantitative estimate of drug-likeness (QED) is 0.0665. The Morgan fingerprint density at radius 3 is 1.36 bits per heavy atom. The van der Waals surface area contributed by atoms with Crippen molar-refractivity contribution in [2.45, 2.75) is 133 Å². The first kappa shape index (κ1) is 43.0. The van der Waals surface area contributed by atoms with E-state index in [1.807, 2.05) is 0 Å². The van der Waals surface area contributed by atoms with Gasteiger partial charge in [-0.3, -0.25) is 4.79 Å². The highest BCUT2D eigenvalue weighted by Crippen LogP contribution is 2.44. The lowest BCUT2D eigenvalue weighted by molar-refractivity contribution is -0.277. The standard InChI is InChI=1S/C38H53F6NO5/c1-4-5-6-7-8-9-10-11-12-13-14-15-16-23-28-32(45-33(46)35(48-2,37(39,40)41)30-24-19-17-20-25-30)29-50-34(47)36(49-3,38(42,43)44)31-26-21-18-22-27-31/h17-22,24-27,32H,4-16,23,28-29H2,1-3H3,(H,45,46)/t32-,35+,36+/m0/s1. The third-order valence-electron chi connectivity index (χ3n) is 9.04. The molecule has 2 rings (SSSR count). The average Bonchev–Trinajstić information content (AvgIpc) is 3.08. The van der Waals surface area contributed by atoms with Gasteiger partial charge in [-0.2, -0.15) is 26.3 Å². The van der Waals surface area contributed by atoms with Crippen LogP contribution in [0.3, 0.4) is 0 Å². The van der Waals surface area contributed by atoms with Crippen LogP contribution in [0, 0.1) is 0 Å². The minimum absolute atomic E-state index is 0.0425. The van der Waals surface area contributed by atoms with E-state index in [9.17, 15) is 35.9 Å². The van der Waals surface area contributed by atoms with Crippen LogP contribution in [0.25, 0.3) is 0 Å². The second-order valence-electron chi connectivity index (χ2n) is 12.7. The van der Waals surface area contributed by atoms with Gasteiger partial charge in [0.2, 0.25) is 0 Å². The van der Waals surface area contributed by atoms with Gasteiger partial charge in [0.05, 0.1) is 6.04 Å². The predicted octanol–water partition coefficient (Wildman–Crippen LogP) is 10.1. The molecule has 0 aliphatic rings. The van der Waals surface area contributed by atoms with Gasteiger partial charge in [0, 0.05) is 25.3 Å². The van der Waals surface area contributed by atoms with E-state index in [1.165, 1.54) is 87.8 Å². The molecule has 0 unspecified atom stereocenters. The fourth-order valence-corrected chi connectivity index (χ4v) is 6.16. The van der Waals surface area contributed by atoms with Crippen LogP contribution in [0.4, 0.5) is 26.3 Å². The number of esters is 1. The van der Waals surface area contributed by atoms with Crippen LogP contribution in [-0.4, -0.2) is 51.1 Å². The van der Waals surface area contributed by atoms with Crippen molar-refractivity contribution < 1.29 is 50.1 Å². The Kier molecular flexibility index (Phi) is 18.3. The van der Waals surface area contributed by atoms with Gasteiger partial charge < -0.3 is 19.5 Å². The lowest BCUT2D eigenvalue weighted by atomic mass is 9.91. The minimum Gasteiger partial charge on any atom is -0.461 e. The van der Waals surface area contributed by atoms with E-state index in [-0.39, 0.29) is 6.42 Å². The van der Waals surface area contributed by atoms with Crippen molar-refractivity contribution in [2.24, 2.45) is 0 Å². The summed E-state index contributed by atoms with van der Waals surface area (Å²) in [5, 5.41) is 2.28. The van der Waals surface area contributed by atoms with Crippen LogP contribution in [0.15, 0.2) is 60.7 Å². The molecule has 0 saturated carbocycles. The monoisotopic (exact) mass is 717 g/mol. The maximum absolute atomic E-state index is 14.6. The van der Waals surface area contributed by atoms with E-state index in [1.54, 1.807) is 0 Å². The largest absolute Gasteiger partial charge is 0.461 e. The van der Waals surface area contributed by atoms with Crippen molar-refractivity contribution in [2.75, 3.05) is 20.8 Å². The SMILES string of the molecule is CCCCCCCCCCCCCCCC[C@@H](COC(=O)[C@](OC)(c1ccccc1)C(F)(F)F)NC(=O)[C@](OC)(c1ccccc1)C(F)(F)F. The number of methoxy groups -OCH3 is 2. The number of carbonyl (C=O) groups is 2. The van der Waals surface area contributed by atoms with Crippen molar-refractivity contribution in [1.29, 1.82) is 0 Å². The number of hydrogen-bond donors (Lipinski definition) is 1. The molecular weight excluding hydrogens is 664 g/mol. The first-order valence-electron chi connectivity index (χ1n) is 17.6. The van der Waals surface area contributed by atoms with Gasteiger partial charge in [0.1, 0.15) is 6.61 Å². The summed E-state index contributed by atoms with van der Waals surface area (Å²) in [7, 11) is 1.46. The topological polar surface area (TPSA) is 73.9 Å². The highest BCUT2D eigenvalue weighted by Gasteiger charge is 2.65. The molecule has 0 fully saturated rings. The zero-order valence-electron chi connectivity index (χ0n) is 29.5. The number of carbonyl (C=O) groups excluding carboxylic acids is 2. The number of halogens is 6. The van der Waals surface area contributed by atoms with E-state index >= 15 is 0 Å². The van der Waals surface area contributed by atoms with Crippen molar-refractivity contribution in [3.63, 3.8) is 0 Å². The molecule has 3 atom stereocenters. The van der Waals surface area contributed by atoms with E-state index in [0.29, 0.717) is 20.0 Å². The Morgan fingerprint density at radius 1 is 0.600 bits per heavy atom. The number of alkyl halides is 6. The maximum Gasteiger partial charge on any atom is 0.432 e. The summed E-state index contributed by atoms with van der Waals surface area (Å²) in [6, 6.07) is 11.2. The Labute approximate surface area is 292 Å². The third kappa shape index (κ3) is 11.7. The molecule has 0 aliphatic heterocycles. The van der Waals surface area contributed by atoms with E-state index in [0.717, 1.165) is 57.1 Å². The number of benzene rings is 2. The van der Waals surface area contributed by atoms with Gasteiger partial charge in [0.25, 0.3) is 17.1 Å². The van der Waals surface area contributed by atoms with Gasteiger partial charge in [0.15, 0.2) is 0 Å². The summed E-state index contributed by atoms with van der Waals surface area (Å²) in [5.41, 5.74) is -7.94. The summed E-state index contributed by atoms with van der Waals surface area (Å²) in [4.78, 5) is 26.7. The Hall–Kier alpha value is -3.12. The molecule has 12 heteroatoms. The smallest absolute Gasteiger partial charge is 0.432 e. The van der Waals surface area contributed by atoms with Gasteiger partial charge in [-0.25, -0.2) is 4.79 Å². The summed E-state index contributed by atoms with van der Waals surface area (Å²) >= 11 is 0. The highest BCUT2D eigenvalue weighted by molar-refractivity contribution is 5.88. The molecule has 1 N–H and O–H groups in total. The summed E-state index contributed by atoms with van der Waals surface area (Å²) in [6.45, 7) is 1.37. The van der Waals surface area contributed by atoms with Gasteiger partial charge in [-0.1, -0.05) is 157 Å². The molecule has 0 radical (unpaired) electrons. The van der Waals surface area contributed by atoms with E-state index in [2.05, 4.69) is 12.2 Å². The Morgan fingerprint density at radius 2 is 0.980 bits per heavy atom. The molecular formula is C38H53F6NO5. The van der Waals surface area contributed by atoms with Crippen molar-refractivity contribution in [1.82, 2.24) is 5.32 Å². The van der Waals surface area contributed by atoms with Gasteiger partial charge in [-0.05, 0) is 6.42 Å². The normalized spacial score (nSPS) is 15.1. The molecule has 282 valence electrons. The first-order chi connectivity index (χ1) is 23.8. The highest BCUT2D eigenvalue weighted by atomic mass is 19.4. The molecule has 2 aromatic rings. The molecule has 0 aromatic heterocycles. The second kappa shape index (κ2) is 21.3. The van der Waals surface area contributed by atoms with Crippen LogP contribution in [0.5, 0.6) is 0 Å². The molecule has 0 aliphatic carbocycles. The minimum atomic E-state index is -5.25. The van der Waals surface area contributed by atoms with Crippen LogP contribution in [0.1, 0.15) is 114 Å². The lowest BCUT2D eigenvalue weighted by Crippen LogP contribution is -2.58. The number of rotatable bonds is 24. The number of ether oxygens (including phenoxy) is 3. The third-order valence-corrected chi connectivity index (χ3v) is 9.04. The van der Waals surface area contributed by atoms with Crippen molar-refractivity contribution >= 4 is 11.9 Å². The lowest BCUT2D eigenvalue weighted by Gasteiger charge is -2.35. The van der Waals surface area contributed by atoms with Crippen LogP contribution < -0.4 is 5.32 Å². The fraction of sp³-hybridized carbons (Fsp3) is 0.632. The molecule has 0 spiro atoms. The molecule has 1 amide bonds. The molecule has 2 aromatic carbocycles. The van der Waals surface area contributed by atoms with Crippen LogP contribution in [-0.2, 0) is 35.0 Å². The summed E-state index contributed by atoms with van der Waals surface area (Å²) < 4.78 is 102. The van der Waals surface area contributed by atoms with Crippen LogP contribution in [0.2, 0.25) is 0 Å². The second-order valence-corrected chi connectivity index (χ2v) is 12.7. The number of unbranched alkanes of at least 4 members (excludes halogenated alkanes) is 13. The summed E-state index contributed by atoms with van der Waals surface area (Å²) in [5.74, 6) is -3.39. The van der Waals surface area contributed by atoms with E-state index < -0.39 is 59.2 Å². The number of nitrogens with one attached hydrogen (secondary N) is 1. The molecule has 0 heterocycles. The Balaban J connectivity index is 2.12. The Bertz CT molecular complexity index is 1240. The maximum atomic E-state index is 14.6. The molecule has 0 bridgehead atoms. The zero-order valence-corrected chi connectivity index (χ0v) is 29.5. The molecule has 0 saturated heterocycles. The molecule has 6 nitrogen and oxygen atoms in total. The van der Waals surface area contributed by atoms with Crippen molar-refractivity contribution in [3.8, 4) is 0 Å². The van der Waals surface area contributed by atoms with Gasteiger partial charge in [-0.15, -0.1) is 0 Å². The predicted molar refractivity (Wildman–Crippen MR) is 180 cm³/mol. The number of amides is 1. The van der Waals surface area contributed by atoms with Crippen LogP contribution >= 0.6 is 0 Å². The fourth-order valence-electron chi connectivity index (χ4n) is 6.16. The van der Waals surface area contributed by atoms with Crippen molar-refractivity contribution in [3.05, 3.63) is 71.8 Å². The van der Waals surface area contributed by atoms with Gasteiger partial charge >= 0.3 is 18.3 Å². The average molecular weight is 718 g/mol. The first-order valence-corrected chi connectivity index (χ1v) is 17.6. The summed E-state index contributed by atoms with van der Waals surface area (Å²) in [6.07, 6.45) is 4.59. The number of hydrogen-bond acceptors (Lipinski definition) is 5. The zero-order chi connectivity index (χ0) is 37.1. The van der Waals surface area contributed by atoms with E-state index in [4.69, 9.17) is 14.2 Å².